The van der Waals surface area contributed by atoms with Gasteiger partial charge >= 0.3 is 6.18 Å². The molecule has 0 aliphatic rings. The summed E-state index contributed by atoms with van der Waals surface area (Å²) in [7, 11) is 0. The van der Waals surface area contributed by atoms with Gasteiger partial charge < -0.3 is 10.6 Å². The number of halogens is 3. The van der Waals surface area contributed by atoms with Crippen molar-refractivity contribution < 1.29 is 22.8 Å². The summed E-state index contributed by atoms with van der Waals surface area (Å²) in [5.74, 6) is 0.0821. The van der Waals surface area contributed by atoms with E-state index in [0.717, 1.165) is 12.3 Å². The Hall–Kier alpha value is -2.42. The lowest BCUT2D eigenvalue weighted by molar-refractivity contribution is -0.137. The van der Waals surface area contributed by atoms with Crippen LogP contribution in [0.2, 0.25) is 0 Å². The van der Waals surface area contributed by atoms with E-state index in [1.54, 1.807) is 12.1 Å². The Morgan fingerprint density at radius 2 is 1.92 bits per heavy atom. The van der Waals surface area contributed by atoms with Crippen LogP contribution in [0.15, 0.2) is 35.8 Å². The Bertz CT molecular complexity index is 716. The zero-order valence-corrected chi connectivity index (χ0v) is 14.6. The molecule has 0 aliphatic heterocycles. The summed E-state index contributed by atoms with van der Waals surface area (Å²) in [6, 6.07) is 5.74. The molecule has 2 heterocycles. The van der Waals surface area contributed by atoms with Crippen molar-refractivity contribution in [3.05, 3.63) is 46.3 Å². The Kier molecular flexibility index (Phi) is 7.14. The van der Waals surface area contributed by atoms with Crippen LogP contribution in [0.5, 0.6) is 0 Å². The number of alkyl halides is 3. The number of anilines is 1. The quantitative estimate of drug-likeness (QED) is 0.510. The number of Topliss-reactive ketones (excluding diaryl/α,β-unsaturated/α-hetero) is 1. The van der Waals surface area contributed by atoms with Crippen LogP contribution in [0.3, 0.4) is 0 Å². The summed E-state index contributed by atoms with van der Waals surface area (Å²) < 4.78 is 37.3. The summed E-state index contributed by atoms with van der Waals surface area (Å²) in [5, 5.41) is 7.40. The molecule has 2 aromatic heterocycles. The lowest BCUT2D eigenvalue weighted by atomic mass is 10.2. The molecule has 0 aliphatic carbocycles. The summed E-state index contributed by atoms with van der Waals surface area (Å²) in [4.78, 5) is 27.8. The van der Waals surface area contributed by atoms with E-state index >= 15 is 0 Å². The van der Waals surface area contributed by atoms with E-state index in [2.05, 4.69) is 15.6 Å². The van der Waals surface area contributed by atoms with Crippen LogP contribution in [0.1, 0.15) is 34.5 Å². The van der Waals surface area contributed by atoms with E-state index in [1.165, 1.54) is 17.4 Å². The van der Waals surface area contributed by atoms with Gasteiger partial charge in [-0.05, 0) is 30.0 Å². The third-order valence-corrected chi connectivity index (χ3v) is 4.36. The number of ketones is 1. The molecule has 1 amide bonds. The first-order valence-corrected chi connectivity index (χ1v) is 8.85. The zero-order chi connectivity index (χ0) is 19.0. The molecule has 140 valence electrons. The first-order valence-electron chi connectivity index (χ1n) is 7.97. The Labute approximate surface area is 152 Å². The fourth-order valence-corrected chi connectivity index (χ4v) is 2.77. The van der Waals surface area contributed by atoms with Crippen LogP contribution in [-0.4, -0.2) is 29.8 Å². The molecule has 0 fully saturated rings. The molecule has 0 unspecified atom stereocenters. The number of hydrogen-bond donors (Lipinski definition) is 2. The van der Waals surface area contributed by atoms with Gasteiger partial charge in [0.05, 0.1) is 10.4 Å². The van der Waals surface area contributed by atoms with Crippen LogP contribution in [0.25, 0.3) is 0 Å². The van der Waals surface area contributed by atoms with Gasteiger partial charge in [0.15, 0.2) is 5.78 Å². The van der Waals surface area contributed by atoms with Gasteiger partial charge in [-0.3, -0.25) is 9.59 Å². The molecule has 0 saturated carbocycles. The van der Waals surface area contributed by atoms with Gasteiger partial charge in [0, 0.05) is 32.1 Å². The highest BCUT2D eigenvalue weighted by atomic mass is 32.1. The van der Waals surface area contributed by atoms with Gasteiger partial charge in [-0.2, -0.15) is 13.2 Å². The number of rotatable bonds is 9. The normalized spacial score (nSPS) is 11.2. The lowest BCUT2D eigenvalue weighted by Crippen LogP contribution is -2.26. The average molecular weight is 385 g/mol. The molecule has 0 spiro atoms. The highest BCUT2D eigenvalue weighted by Gasteiger charge is 2.30. The average Bonchev–Trinajstić information content (AvgIpc) is 3.14. The molecule has 0 aromatic carbocycles. The SMILES string of the molecule is O=C(CCC(=O)c1cccs1)NCCCNc1ccc(C(F)(F)F)cn1. The van der Waals surface area contributed by atoms with Crippen molar-refractivity contribution in [2.45, 2.75) is 25.4 Å². The van der Waals surface area contributed by atoms with Crippen LogP contribution < -0.4 is 10.6 Å². The monoisotopic (exact) mass is 385 g/mol. The lowest BCUT2D eigenvalue weighted by Gasteiger charge is -2.09. The number of amides is 1. The van der Waals surface area contributed by atoms with E-state index < -0.39 is 11.7 Å². The van der Waals surface area contributed by atoms with Crippen LogP contribution >= 0.6 is 11.3 Å². The van der Waals surface area contributed by atoms with Crippen molar-refractivity contribution in [1.29, 1.82) is 0 Å². The second kappa shape index (κ2) is 9.33. The number of nitrogens with one attached hydrogen (secondary N) is 2. The largest absolute Gasteiger partial charge is 0.417 e. The minimum absolute atomic E-state index is 0.0507. The molecular weight excluding hydrogens is 367 g/mol. The minimum Gasteiger partial charge on any atom is -0.370 e. The highest BCUT2D eigenvalue weighted by molar-refractivity contribution is 7.12. The summed E-state index contributed by atoms with van der Waals surface area (Å²) >= 11 is 1.35. The maximum atomic E-state index is 12.4. The van der Waals surface area contributed by atoms with E-state index in [4.69, 9.17) is 0 Å². The maximum absolute atomic E-state index is 12.4. The van der Waals surface area contributed by atoms with Gasteiger partial charge in [0.1, 0.15) is 5.82 Å². The van der Waals surface area contributed by atoms with Crippen molar-refractivity contribution in [3.63, 3.8) is 0 Å². The van der Waals surface area contributed by atoms with E-state index in [1.807, 2.05) is 5.38 Å². The number of hydrogen-bond acceptors (Lipinski definition) is 5. The van der Waals surface area contributed by atoms with Crippen LogP contribution in [-0.2, 0) is 11.0 Å². The smallest absolute Gasteiger partial charge is 0.370 e. The second-order valence-electron chi connectivity index (χ2n) is 5.46. The first-order chi connectivity index (χ1) is 12.4. The summed E-state index contributed by atoms with van der Waals surface area (Å²) in [6.07, 6.45) is -2.76. The Morgan fingerprint density at radius 1 is 1.12 bits per heavy atom. The van der Waals surface area contributed by atoms with Gasteiger partial charge in [-0.15, -0.1) is 11.3 Å². The van der Waals surface area contributed by atoms with Gasteiger partial charge in [0.2, 0.25) is 5.91 Å². The molecule has 0 atom stereocenters. The third-order valence-electron chi connectivity index (χ3n) is 3.45. The zero-order valence-electron chi connectivity index (χ0n) is 13.8. The number of carbonyl (C=O) groups excluding carboxylic acids is 2. The number of carbonyl (C=O) groups is 2. The van der Waals surface area contributed by atoms with Gasteiger partial charge in [-0.1, -0.05) is 6.07 Å². The molecule has 2 rings (SSSR count). The topological polar surface area (TPSA) is 71.1 Å². The molecule has 2 aromatic rings. The Morgan fingerprint density at radius 3 is 2.54 bits per heavy atom. The number of thiophene rings is 1. The van der Waals surface area contributed by atoms with E-state index in [0.29, 0.717) is 30.2 Å². The highest BCUT2D eigenvalue weighted by Crippen LogP contribution is 2.28. The van der Waals surface area contributed by atoms with Gasteiger partial charge in [-0.25, -0.2) is 4.98 Å². The molecule has 0 radical (unpaired) electrons. The minimum atomic E-state index is -4.40. The number of aromatic nitrogens is 1. The van der Waals surface area contributed by atoms with Crippen molar-refractivity contribution >= 4 is 28.8 Å². The molecular formula is C17H18F3N3O2S. The van der Waals surface area contributed by atoms with Gasteiger partial charge in [0.25, 0.3) is 0 Å². The van der Waals surface area contributed by atoms with Crippen molar-refractivity contribution in [2.75, 3.05) is 18.4 Å². The number of pyridine rings is 1. The summed E-state index contributed by atoms with van der Waals surface area (Å²) in [6.45, 7) is 0.854. The second-order valence-corrected chi connectivity index (χ2v) is 6.41. The molecule has 2 N–H and O–H groups in total. The molecule has 5 nitrogen and oxygen atoms in total. The molecule has 0 bridgehead atoms. The molecule has 0 saturated heterocycles. The van der Waals surface area contributed by atoms with E-state index in [-0.39, 0.29) is 24.5 Å². The fourth-order valence-electron chi connectivity index (χ4n) is 2.07. The predicted octanol–water partition coefficient (Wildman–Crippen LogP) is 3.74. The fraction of sp³-hybridized carbons (Fsp3) is 0.353. The molecule has 26 heavy (non-hydrogen) atoms. The van der Waals surface area contributed by atoms with E-state index in [9.17, 15) is 22.8 Å². The van der Waals surface area contributed by atoms with Crippen LogP contribution in [0.4, 0.5) is 19.0 Å². The predicted molar refractivity (Wildman–Crippen MR) is 93.2 cm³/mol. The van der Waals surface area contributed by atoms with Crippen LogP contribution in [0, 0.1) is 0 Å². The first kappa shape index (κ1) is 19.9. The Balaban J connectivity index is 1.58. The standard InChI is InChI=1S/C17H18F3N3O2S/c18-17(19,20)12-4-6-15(23-11-12)21-8-2-9-22-16(25)7-5-13(24)14-3-1-10-26-14/h1,3-4,6,10-11H,2,5,7-9H2,(H,21,23)(H,22,25). The van der Waals surface area contributed by atoms with Crippen molar-refractivity contribution in [1.82, 2.24) is 10.3 Å². The molecule has 9 heteroatoms. The number of nitrogens with zero attached hydrogens (tertiary/aromatic N) is 1. The third kappa shape index (κ3) is 6.47. The maximum Gasteiger partial charge on any atom is 0.417 e. The van der Waals surface area contributed by atoms with Crippen molar-refractivity contribution in [3.8, 4) is 0 Å². The summed E-state index contributed by atoms with van der Waals surface area (Å²) in [5.41, 5.74) is -0.799. The van der Waals surface area contributed by atoms with Crippen molar-refractivity contribution in [2.24, 2.45) is 0 Å².